The fourth-order valence-electron chi connectivity index (χ4n) is 4.05. The molecule has 8 heteroatoms. The lowest BCUT2D eigenvalue weighted by Crippen LogP contribution is -2.22. The highest BCUT2D eigenvalue weighted by Crippen LogP contribution is 2.39. The SMILES string of the molecule is COc1ccc(F)cc1-c1cc(C(N)=O)c2[nH]cc(C3CCS(=O)(=O)CC3)c2c1. The minimum absolute atomic E-state index is 0.0534. The van der Waals surface area contributed by atoms with Crippen molar-refractivity contribution < 1.29 is 22.3 Å². The molecule has 152 valence electrons. The molecule has 1 amide bonds. The smallest absolute Gasteiger partial charge is 0.250 e. The number of hydrogen-bond donors (Lipinski definition) is 2. The average Bonchev–Trinajstić information content (AvgIpc) is 3.11. The summed E-state index contributed by atoms with van der Waals surface area (Å²) in [5.41, 5.74) is 8.55. The molecule has 0 spiro atoms. The van der Waals surface area contributed by atoms with E-state index in [1.165, 1.54) is 25.3 Å². The van der Waals surface area contributed by atoms with Crippen LogP contribution in [0.15, 0.2) is 36.5 Å². The van der Waals surface area contributed by atoms with E-state index in [9.17, 15) is 17.6 Å². The van der Waals surface area contributed by atoms with E-state index in [4.69, 9.17) is 10.5 Å². The van der Waals surface area contributed by atoms with Gasteiger partial charge in [-0.15, -0.1) is 0 Å². The third kappa shape index (κ3) is 3.60. The van der Waals surface area contributed by atoms with E-state index < -0.39 is 21.6 Å². The minimum Gasteiger partial charge on any atom is -0.496 e. The maximum absolute atomic E-state index is 13.9. The van der Waals surface area contributed by atoms with Gasteiger partial charge >= 0.3 is 0 Å². The summed E-state index contributed by atoms with van der Waals surface area (Å²) in [5.74, 6) is -0.214. The number of carbonyl (C=O) groups excluding carboxylic acids is 1. The van der Waals surface area contributed by atoms with E-state index in [-0.39, 0.29) is 17.4 Å². The van der Waals surface area contributed by atoms with E-state index in [0.29, 0.717) is 40.8 Å². The molecule has 1 aliphatic rings. The molecule has 0 aliphatic carbocycles. The van der Waals surface area contributed by atoms with E-state index in [2.05, 4.69) is 4.98 Å². The van der Waals surface area contributed by atoms with E-state index >= 15 is 0 Å². The zero-order valence-electron chi connectivity index (χ0n) is 15.9. The maximum atomic E-state index is 13.9. The number of H-pyrrole nitrogens is 1. The highest BCUT2D eigenvalue weighted by molar-refractivity contribution is 7.91. The largest absolute Gasteiger partial charge is 0.496 e. The first-order valence-electron chi connectivity index (χ1n) is 9.28. The average molecular weight is 416 g/mol. The van der Waals surface area contributed by atoms with E-state index in [0.717, 1.165) is 10.9 Å². The number of aromatic nitrogens is 1. The van der Waals surface area contributed by atoms with Gasteiger partial charge in [-0.2, -0.15) is 0 Å². The zero-order valence-corrected chi connectivity index (χ0v) is 16.7. The lowest BCUT2D eigenvalue weighted by molar-refractivity contribution is 0.100. The number of amides is 1. The first kappa shape index (κ1) is 19.4. The van der Waals surface area contributed by atoms with Crippen molar-refractivity contribution >= 4 is 26.6 Å². The number of methoxy groups -OCH3 is 1. The fraction of sp³-hybridized carbons (Fsp3) is 0.286. The van der Waals surface area contributed by atoms with Crippen LogP contribution in [0.2, 0.25) is 0 Å². The highest BCUT2D eigenvalue weighted by atomic mass is 32.2. The molecule has 1 aromatic heterocycles. The second kappa shape index (κ2) is 7.18. The second-order valence-electron chi connectivity index (χ2n) is 7.33. The quantitative estimate of drug-likeness (QED) is 0.681. The van der Waals surface area contributed by atoms with Crippen LogP contribution >= 0.6 is 0 Å². The van der Waals surface area contributed by atoms with Gasteiger partial charge in [0, 0.05) is 17.1 Å². The number of ether oxygens (including phenoxy) is 1. The first-order chi connectivity index (χ1) is 13.8. The standard InChI is InChI=1S/C21H21FN2O4S/c1-28-19-3-2-14(22)10-15(19)13-8-16-18(12-4-6-29(26,27)7-5-12)11-24-20(16)17(9-13)21(23)25/h2-3,8-12,24H,4-7H2,1H3,(H2,23,25). The number of carbonyl (C=O) groups is 1. The van der Waals surface area contributed by atoms with Gasteiger partial charge in [0.2, 0.25) is 0 Å². The molecule has 0 bridgehead atoms. The van der Waals surface area contributed by atoms with Crippen LogP contribution in [-0.2, 0) is 9.84 Å². The number of hydrogen-bond acceptors (Lipinski definition) is 4. The van der Waals surface area contributed by atoms with Crippen molar-refractivity contribution in [1.82, 2.24) is 4.98 Å². The molecule has 0 unspecified atom stereocenters. The topological polar surface area (TPSA) is 102 Å². The van der Waals surface area contributed by atoms with Crippen molar-refractivity contribution in [2.24, 2.45) is 5.73 Å². The molecule has 0 saturated carbocycles. The number of halogens is 1. The number of nitrogens with two attached hydrogens (primary N) is 1. The third-order valence-corrected chi connectivity index (χ3v) is 7.27. The summed E-state index contributed by atoms with van der Waals surface area (Å²) in [6.07, 6.45) is 2.86. The maximum Gasteiger partial charge on any atom is 0.250 e. The van der Waals surface area contributed by atoms with Crippen LogP contribution in [0.25, 0.3) is 22.0 Å². The number of sulfone groups is 1. The van der Waals surface area contributed by atoms with Crippen LogP contribution in [0, 0.1) is 5.82 Å². The van der Waals surface area contributed by atoms with Crippen LogP contribution in [0.1, 0.15) is 34.7 Å². The molecular weight excluding hydrogens is 395 g/mol. The predicted octanol–water partition coefficient (Wildman–Crippen LogP) is 3.37. The van der Waals surface area contributed by atoms with Gasteiger partial charge in [0.25, 0.3) is 5.91 Å². The lowest BCUT2D eigenvalue weighted by atomic mass is 9.90. The minimum atomic E-state index is -2.99. The number of aromatic amines is 1. The van der Waals surface area contributed by atoms with Crippen LogP contribution in [0.4, 0.5) is 4.39 Å². The van der Waals surface area contributed by atoms with E-state index in [1.54, 1.807) is 6.07 Å². The monoisotopic (exact) mass is 416 g/mol. The summed E-state index contributed by atoms with van der Waals surface area (Å²) in [5, 5.41) is 0.784. The number of nitrogens with one attached hydrogen (secondary N) is 1. The molecule has 1 aliphatic heterocycles. The molecule has 29 heavy (non-hydrogen) atoms. The van der Waals surface area contributed by atoms with Crippen LogP contribution < -0.4 is 10.5 Å². The highest BCUT2D eigenvalue weighted by Gasteiger charge is 2.27. The molecule has 2 aromatic carbocycles. The van der Waals surface area contributed by atoms with Crippen LogP contribution in [0.3, 0.4) is 0 Å². The van der Waals surface area contributed by atoms with Crippen molar-refractivity contribution in [3.8, 4) is 16.9 Å². The summed E-state index contributed by atoms with van der Waals surface area (Å²) in [6.45, 7) is 0. The summed E-state index contributed by atoms with van der Waals surface area (Å²) in [7, 11) is -1.49. The van der Waals surface area contributed by atoms with Crippen LogP contribution in [0.5, 0.6) is 5.75 Å². The Labute approximate surface area is 167 Å². The van der Waals surface area contributed by atoms with Gasteiger partial charge in [0.1, 0.15) is 21.4 Å². The Morgan fingerprint density at radius 3 is 2.59 bits per heavy atom. The summed E-state index contributed by atoms with van der Waals surface area (Å²) >= 11 is 0. The molecule has 4 rings (SSSR count). The van der Waals surface area contributed by atoms with Gasteiger partial charge in [-0.25, -0.2) is 12.8 Å². The molecule has 3 N–H and O–H groups in total. The van der Waals surface area contributed by atoms with Crippen molar-refractivity contribution in [1.29, 1.82) is 0 Å². The Bertz CT molecular complexity index is 1200. The Balaban J connectivity index is 1.90. The number of primary amides is 1. The summed E-state index contributed by atoms with van der Waals surface area (Å²) in [4.78, 5) is 15.2. The number of rotatable bonds is 4. The van der Waals surface area contributed by atoms with Gasteiger partial charge in [0.05, 0.1) is 29.7 Å². The van der Waals surface area contributed by atoms with Gasteiger partial charge in [0.15, 0.2) is 0 Å². The number of benzene rings is 2. The molecular formula is C21H21FN2O4S. The molecule has 0 atom stereocenters. The van der Waals surface area contributed by atoms with E-state index in [1.807, 2.05) is 12.3 Å². The van der Waals surface area contributed by atoms with Crippen molar-refractivity contribution in [2.75, 3.05) is 18.6 Å². The Morgan fingerprint density at radius 1 is 1.21 bits per heavy atom. The number of fused-ring (bicyclic) bond motifs is 1. The Hall–Kier alpha value is -2.87. The zero-order chi connectivity index (χ0) is 20.8. The Morgan fingerprint density at radius 2 is 1.93 bits per heavy atom. The normalized spacial score (nSPS) is 16.8. The molecule has 2 heterocycles. The molecule has 6 nitrogen and oxygen atoms in total. The molecule has 0 radical (unpaired) electrons. The van der Waals surface area contributed by atoms with Crippen molar-refractivity contribution in [2.45, 2.75) is 18.8 Å². The third-order valence-electron chi connectivity index (χ3n) is 5.55. The summed E-state index contributed by atoms with van der Waals surface area (Å²) in [6, 6.07) is 7.68. The van der Waals surface area contributed by atoms with Gasteiger partial charge in [-0.1, -0.05) is 0 Å². The van der Waals surface area contributed by atoms with Gasteiger partial charge in [-0.05, 0) is 60.2 Å². The van der Waals surface area contributed by atoms with Crippen LogP contribution in [-0.4, -0.2) is 37.9 Å². The van der Waals surface area contributed by atoms with Gasteiger partial charge in [-0.3, -0.25) is 4.79 Å². The fourth-order valence-corrected chi connectivity index (χ4v) is 5.54. The first-order valence-corrected chi connectivity index (χ1v) is 11.1. The predicted molar refractivity (Wildman–Crippen MR) is 109 cm³/mol. The molecule has 3 aromatic rings. The lowest BCUT2D eigenvalue weighted by Gasteiger charge is -2.21. The summed E-state index contributed by atoms with van der Waals surface area (Å²) < 4.78 is 42.9. The second-order valence-corrected chi connectivity index (χ2v) is 9.63. The Kier molecular flexibility index (Phi) is 4.82. The van der Waals surface area contributed by atoms with Gasteiger partial charge < -0.3 is 15.5 Å². The molecule has 1 fully saturated rings. The van der Waals surface area contributed by atoms with Crippen molar-refractivity contribution in [3.63, 3.8) is 0 Å². The van der Waals surface area contributed by atoms with Crippen molar-refractivity contribution in [3.05, 3.63) is 53.5 Å². The molecule has 1 saturated heterocycles.